The first kappa shape index (κ1) is 17.3. The molecule has 0 unspecified atom stereocenters. The number of fused-ring (bicyclic) bond motifs is 3. The second-order valence-corrected chi connectivity index (χ2v) is 5.95. The summed E-state index contributed by atoms with van der Waals surface area (Å²) in [6, 6.07) is 9.91. The Morgan fingerprint density at radius 3 is 2.08 bits per heavy atom. The summed E-state index contributed by atoms with van der Waals surface area (Å²) in [5.41, 5.74) is 1.19. The predicted octanol–water partition coefficient (Wildman–Crippen LogP) is 3.99. The zero-order valence-electron chi connectivity index (χ0n) is 14.4. The van der Waals surface area contributed by atoms with Gasteiger partial charge >= 0.3 is 11.9 Å². The first-order valence-electron chi connectivity index (χ1n) is 7.82. The van der Waals surface area contributed by atoms with Crippen LogP contribution in [0, 0.1) is 0 Å². The highest BCUT2D eigenvalue weighted by Crippen LogP contribution is 2.39. The van der Waals surface area contributed by atoms with Crippen molar-refractivity contribution >= 4 is 33.7 Å². The van der Waals surface area contributed by atoms with E-state index >= 15 is 0 Å². The van der Waals surface area contributed by atoms with Gasteiger partial charge in [-0.15, -0.1) is 0 Å². The number of esters is 2. The predicted molar refractivity (Wildman–Crippen MR) is 97.5 cm³/mol. The molecular formula is C20H17NO5. The van der Waals surface area contributed by atoms with Crippen molar-refractivity contribution in [2.24, 2.45) is 0 Å². The van der Waals surface area contributed by atoms with Gasteiger partial charge in [-0.05, 0) is 32.0 Å². The van der Waals surface area contributed by atoms with E-state index in [4.69, 9.17) is 9.47 Å². The first-order valence-corrected chi connectivity index (χ1v) is 7.82. The maximum Gasteiger partial charge on any atom is 0.338 e. The fraction of sp³-hybridized carbons (Fsp3) is 0.100. The van der Waals surface area contributed by atoms with Gasteiger partial charge in [0.1, 0.15) is 11.3 Å². The number of hydrogen-bond donors (Lipinski definition) is 1. The fourth-order valence-corrected chi connectivity index (χ4v) is 2.57. The van der Waals surface area contributed by atoms with Gasteiger partial charge in [-0.1, -0.05) is 31.4 Å². The lowest BCUT2D eigenvalue weighted by molar-refractivity contribution is -0.130. The van der Waals surface area contributed by atoms with Crippen molar-refractivity contribution in [3.8, 4) is 11.5 Å². The summed E-state index contributed by atoms with van der Waals surface area (Å²) in [6.45, 7) is 10.2. The van der Waals surface area contributed by atoms with E-state index in [9.17, 15) is 14.8 Å². The maximum atomic E-state index is 11.9. The second-order valence-electron chi connectivity index (χ2n) is 5.95. The number of para-hydroxylation sites is 1. The highest BCUT2D eigenvalue weighted by atomic mass is 16.5. The topological polar surface area (TPSA) is 77.8 Å². The molecule has 6 nitrogen and oxygen atoms in total. The lowest BCUT2D eigenvalue weighted by Crippen LogP contribution is -2.09. The molecule has 3 rings (SSSR count). The number of carbonyl (C=O) groups is 2. The monoisotopic (exact) mass is 351 g/mol. The number of nitrogens with zero attached hydrogens (tertiary/aromatic N) is 1. The minimum Gasteiger partial charge on any atom is -0.428 e. The van der Waals surface area contributed by atoms with Crippen molar-refractivity contribution in [2.45, 2.75) is 13.8 Å². The molecule has 0 aliphatic carbocycles. The standard InChI is InChI=1S/C20H17NO5/c1-11(2)19(22)25-15-9-6-8-14-17(15)13-7-5-10-16(18(13)21(14)24)26-20(23)12(3)4/h5-10,24H,1,3H2,2,4H3. The van der Waals surface area contributed by atoms with E-state index in [1.807, 2.05) is 0 Å². The van der Waals surface area contributed by atoms with Crippen molar-refractivity contribution in [1.29, 1.82) is 0 Å². The van der Waals surface area contributed by atoms with E-state index in [0.29, 0.717) is 16.3 Å². The molecule has 0 atom stereocenters. The van der Waals surface area contributed by atoms with Gasteiger partial charge < -0.3 is 14.7 Å². The summed E-state index contributed by atoms with van der Waals surface area (Å²) in [5, 5.41) is 11.7. The summed E-state index contributed by atoms with van der Waals surface area (Å²) in [5.74, 6) is -0.721. The van der Waals surface area contributed by atoms with Gasteiger partial charge in [-0.25, -0.2) is 9.59 Å². The molecule has 0 aliphatic heterocycles. The summed E-state index contributed by atoms with van der Waals surface area (Å²) in [7, 11) is 0. The third kappa shape index (κ3) is 2.82. The van der Waals surface area contributed by atoms with Crippen LogP contribution in [0.5, 0.6) is 11.5 Å². The molecule has 0 amide bonds. The average molecular weight is 351 g/mol. The van der Waals surface area contributed by atoms with Crippen LogP contribution in [0.3, 0.4) is 0 Å². The Hall–Kier alpha value is -3.54. The van der Waals surface area contributed by atoms with Crippen molar-refractivity contribution in [1.82, 2.24) is 4.73 Å². The van der Waals surface area contributed by atoms with Crippen LogP contribution in [-0.4, -0.2) is 21.9 Å². The Morgan fingerprint density at radius 1 is 0.923 bits per heavy atom. The Kier molecular flexibility index (Phi) is 4.26. The van der Waals surface area contributed by atoms with Gasteiger partial charge in [-0.3, -0.25) is 0 Å². The number of aromatic nitrogens is 1. The molecule has 132 valence electrons. The molecule has 0 fully saturated rings. The maximum absolute atomic E-state index is 11.9. The molecule has 0 bridgehead atoms. The smallest absolute Gasteiger partial charge is 0.338 e. The molecular weight excluding hydrogens is 334 g/mol. The van der Waals surface area contributed by atoms with E-state index in [1.54, 1.807) is 43.3 Å². The number of hydrogen-bond acceptors (Lipinski definition) is 5. The van der Waals surface area contributed by atoms with Crippen LogP contribution in [0.1, 0.15) is 13.8 Å². The Balaban J connectivity index is 2.25. The lowest BCUT2D eigenvalue weighted by atomic mass is 10.1. The third-order valence-electron chi connectivity index (χ3n) is 3.81. The van der Waals surface area contributed by atoms with Crippen LogP contribution in [0.4, 0.5) is 0 Å². The second kappa shape index (κ2) is 6.40. The molecule has 0 aliphatic rings. The normalized spacial score (nSPS) is 10.7. The fourth-order valence-electron chi connectivity index (χ4n) is 2.57. The Morgan fingerprint density at radius 2 is 1.46 bits per heavy atom. The van der Waals surface area contributed by atoms with Crippen LogP contribution in [0.25, 0.3) is 21.8 Å². The zero-order valence-corrected chi connectivity index (χ0v) is 14.4. The van der Waals surface area contributed by atoms with Crippen molar-refractivity contribution in [3.63, 3.8) is 0 Å². The summed E-state index contributed by atoms with van der Waals surface area (Å²) in [6.07, 6.45) is 0. The number of benzene rings is 2. The van der Waals surface area contributed by atoms with E-state index in [1.165, 1.54) is 6.92 Å². The first-order chi connectivity index (χ1) is 12.3. The van der Waals surface area contributed by atoms with Crippen LogP contribution < -0.4 is 9.47 Å². The third-order valence-corrected chi connectivity index (χ3v) is 3.81. The summed E-state index contributed by atoms with van der Waals surface area (Å²) >= 11 is 0. The number of rotatable bonds is 4. The van der Waals surface area contributed by atoms with E-state index < -0.39 is 11.9 Å². The molecule has 2 aromatic carbocycles. The highest BCUT2D eigenvalue weighted by Gasteiger charge is 2.20. The van der Waals surface area contributed by atoms with Gasteiger partial charge in [0.15, 0.2) is 5.75 Å². The van der Waals surface area contributed by atoms with Crippen molar-refractivity contribution < 1.29 is 24.3 Å². The molecule has 26 heavy (non-hydrogen) atoms. The molecule has 0 saturated carbocycles. The minimum atomic E-state index is -0.600. The largest absolute Gasteiger partial charge is 0.428 e. The number of carbonyl (C=O) groups excluding carboxylic acids is 2. The van der Waals surface area contributed by atoms with Gasteiger partial charge in [0.2, 0.25) is 0 Å². The molecule has 1 N–H and O–H groups in total. The van der Waals surface area contributed by atoms with Gasteiger partial charge in [0.05, 0.1) is 10.9 Å². The molecule has 1 heterocycles. The highest BCUT2D eigenvalue weighted by molar-refractivity contribution is 6.13. The molecule has 0 radical (unpaired) electrons. The van der Waals surface area contributed by atoms with Crippen LogP contribution in [-0.2, 0) is 9.59 Å². The quantitative estimate of drug-likeness (QED) is 0.333. The average Bonchev–Trinajstić information content (AvgIpc) is 2.89. The molecule has 0 saturated heterocycles. The van der Waals surface area contributed by atoms with E-state index in [-0.39, 0.29) is 28.2 Å². The van der Waals surface area contributed by atoms with E-state index in [0.717, 1.165) is 4.73 Å². The van der Waals surface area contributed by atoms with Gasteiger partial charge in [0.25, 0.3) is 0 Å². The Bertz CT molecular complexity index is 1090. The zero-order chi connectivity index (χ0) is 19.0. The summed E-state index contributed by atoms with van der Waals surface area (Å²) < 4.78 is 11.6. The van der Waals surface area contributed by atoms with Crippen LogP contribution in [0.15, 0.2) is 60.7 Å². The van der Waals surface area contributed by atoms with Crippen LogP contribution >= 0.6 is 0 Å². The lowest BCUT2D eigenvalue weighted by Gasteiger charge is -2.06. The van der Waals surface area contributed by atoms with Crippen LogP contribution in [0.2, 0.25) is 0 Å². The molecule has 3 aromatic rings. The summed E-state index contributed by atoms with van der Waals surface area (Å²) in [4.78, 5) is 23.8. The van der Waals surface area contributed by atoms with Crippen molar-refractivity contribution in [3.05, 3.63) is 60.7 Å². The SMILES string of the molecule is C=C(C)C(=O)Oc1cccc2c1c1cccc(OC(=O)C(=C)C)c1n2O. The number of ether oxygens (including phenoxy) is 2. The van der Waals surface area contributed by atoms with E-state index in [2.05, 4.69) is 13.2 Å². The van der Waals surface area contributed by atoms with Gasteiger partial charge in [-0.2, -0.15) is 4.73 Å². The molecule has 6 heteroatoms. The van der Waals surface area contributed by atoms with Crippen molar-refractivity contribution in [2.75, 3.05) is 0 Å². The minimum absolute atomic E-state index is 0.173. The molecule has 1 aromatic heterocycles. The Labute approximate surface area is 149 Å². The molecule has 0 spiro atoms. The van der Waals surface area contributed by atoms with Gasteiger partial charge in [0, 0.05) is 16.5 Å².